The highest BCUT2D eigenvalue weighted by molar-refractivity contribution is 7.80. The number of carboxylic acids is 1. The van der Waals surface area contributed by atoms with Gasteiger partial charge < -0.3 is 5.11 Å². The third kappa shape index (κ3) is 2.13. The van der Waals surface area contributed by atoms with Gasteiger partial charge in [-0.15, -0.1) is 10.2 Å². The van der Waals surface area contributed by atoms with E-state index >= 15 is 0 Å². The number of hydrogen-bond acceptors (Lipinski definition) is 6. The summed E-state index contributed by atoms with van der Waals surface area (Å²) in [6.07, 6.45) is 0. The van der Waals surface area contributed by atoms with Crippen LogP contribution in [0.4, 0.5) is 0 Å². The Morgan fingerprint density at radius 2 is 2.64 bits per heavy atom. The molecule has 6 nitrogen and oxygen atoms in total. The highest BCUT2D eigenvalue weighted by Gasteiger charge is 2.14. The van der Waals surface area contributed by atoms with Gasteiger partial charge in [-0.05, 0) is 0 Å². The zero-order valence-corrected chi connectivity index (χ0v) is 6.26. The molecule has 0 saturated carbocycles. The van der Waals surface area contributed by atoms with Gasteiger partial charge in [-0.1, -0.05) is 12.2 Å². The summed E-state index contributed by atoms with van der Waals surface area (Å²) in [7, 11) is 0. The molecule has 0 amide bonds. The molecule has 0 unspecified atom stereocenters. The van der Waals surface area contributed by atoms with Crippen LogP contribution in [0.5, 0.6) is 0 Å². The van der Waals surface area contributed by atoms with Gasteiger partial charge in [0.1, 0.15) is 6.54 Å². The lowest BCUT2D eigenvalue weighted by Crippen LogP contribution is -2.44. The molecule has 0 aromatic rings. The summed E-state index contributed by atoms with van der Waals surface area (Å²) >= 11 is 4.55. The molecule has 0 atom stereocenters. The number of aliphatic carboxylic acids is 1. The zero-order chi connectivity index (χ0) is 8.27. The third-order valence-corrected chi connectivity index (χ3v) is 1.17. The van der Waals surface area contributed by atoms with Crippen LogP contribution in [0.15, 0.2) is 5.10 Å². The van der Waals surface area contributed by atoms with E-state index in [-0.39, 0.29) is 6.54 Å². The van der Waals surface area contributed by atoms with Gasteiger partial charge in [0.25, 0.3) is 0 Å². The lowest BCUT2D eigenvalue weighted by atomic mass is 10.7. The van der Waals surface area contributed by atoms with Crippen molar-refractivity contribution >= 4 is 29.4 Å². The molecule has 3 N–H and O–H groups in total. The normalized spacial score (nSPS) is 16.5. The highest BCUT2D eigenvalue weighted by atomic mass is 32.1. The molecule has 0 spiro atoms. The zero-order valence-electron chi connectivity index (χ0n) is 5.44. The molecular weight excluding hydrogens is 168 g/mol. The van der Waals surface area contributed by atoms with E-state index in [1.54, 1.807) is 0 Å². The second-order valence-electron chi connectivity index (χ2n) is 1.81. The van der Waals surface area contributed by atoms with E-state index < -0.39 is 5.97 Å². The van der Waals surface area contributed by atoms with Crippen LogP contribution in [-0.2, 0) is 4.79 Å². The summed E-state index contributed by atoms with van der Waals surface area (Å²) in [5.74, 6) is -0.521. The molecule has 1 aliphatic rings. The number of hydrogen-bond donors (Lipinski definition) is 3. The van der Waals surface area contributed by atoms with E-state index in [1.165, 1.54) is 10.5 Å². The van der Waals surface area contributed by atoms with E-state index in [0.29, 0.717) is 5.84 Å². The molecule has 0 radical (unpaired) electrons. The minimum absolute atomic E-state index is 0.184. The molecular formula is C4H6N4O2S. The average molecular weight is 174 g/mol. The van der Waals surface area contributed by atoms with E-state index in [2.05, 4.69) is 28.3 Å². The van der Waals surface area contributed by atoms with Gasteiger partial charge in [0.2, 0.25) is 0 Å². The summed E-state index contributed by atoms with van der Waals surface area (Å²) < 4.78 is 0. The molecule has 0 aliphatic carbocycles. The minimum atomic E-state index is -0.953. The Balaban J connectivity index is 2.35. The first-order valence-electron chi connectivity index (χ1n) is 2.77. The van der Waals surface area contributed by atoms with E-state index in [1.807, 2.05) is 0 Å². The first kappa shape index (κ1) is 7.89. The molecule has 11 heavy (non-hydrogen) atoms. The second kappa shape index (κ2) is 3.26. The lowest BCUT2D eigenvalue weighted by Gasteiger charge is -2.10. The van der Waals surface area contributed by atoms with Crippen LogP contribution in [-0.4, -0.2) is 33.9 Å². The van der Waals surface area contributed by atoms with Crippen molar-refractivity contribution in [1.82, 2.24) is 16.1 Å². The monoisotopic (exact) mass is 174 g/mol. The van der Waals surface area contributed by atoms with Gasteiger partial charge in [-0.3, -0.25) is 10.2 Å². The van der Waals surface area contributed by atoms with Crippen LogP contribution in [0.25, 0.3) is 0 Å². The molecule has 7 heteroatoms. The third-order valence-electron chi connectivity index (χ3n) is 0.946. The topological polar surface area (TPSA) is 77.0 Å². The number of hydrazine groups is 2. The van der Waals surface area contributed by atoms with Crippen molar-refractivity contribution < 1.29 is 9.90 Å². The molecule has 0 aromatic carbocycles. The largest absolute Gasteiger partial charge is 0.480 e. The number of hydrazone groups is 1. The predicted octanol–water partition coefficient (Wildman–Crippen LogP) is -1.29. The molecule has 0 fully saturated rings. The average Bonchev–Trinajstić information content (AvgIpc) is 2.34. The lowest BCUT2D eigenvalue weighted by molar-refractivity contribution is -0.139. The molecule has 0 aromatic heterocycles. The smallest absolute Gasteiger partial charge is 0.321 e. The van der Waals surface area contributed by atoms with Crippen molar-refractivity contribution in [3.05, 3.63) is 0 Å². The Morgan fingerprint density at radius 3 is 3.09 bits per heavy atom. The van der Waals surface area contributed by atoms with E-state index in [0.717, 1.165) is 0 Å². The van der Waals surface area contributed by atoms with Gasteiger partial charge >= 0.3 is 5.97 Å². The Bertz CT molecular complexity index is 216. The first-order chi connectivity index (χ1) is 5.22. The first-order valence-corrected chi connectivity index (χ1v) is 3.24. The standard InChI is InChI=1S/C4H6N4O2S/c9-4(10)1-8-6-3(2-11)5-7-8/h2,7H,1H2,(H,5,6)(H,9,10). The summed E-state index contributed by atoms with van der Waals surface area (Å²) in [6, 6.07) is 0. The Morgan fingerprint density at radius 1 is 1.91 bits per heavy atom. The fourth-order valence-corrected chi connectivity index (χ4v) is 0.671. The number of amidine groups is 1. The molecule has 0 saturated heterocycles. The van der Waals surface area contributed by atoms with Crippen LogP contribution < -0.4 is 11.0 Å². The predicted molar refractivity (Wildman–Crippen MR) is 41.7 cm³/mol. The Kier molecular flexibility index (Phi) is 2.34. The quantitative estimate of drug-likeness (QED) is 0.462. The summed E-state index contributed by atoms with van der Waals surface area (Å²) in [5, 5.41) is 14.5. The maximum atomic E-state index is 10.1. The maximum absolute atomic E-state index is 10.1. The minimum Gasteiger partial charge on any atom is -0.480 e. The van der Waals surface area contributed by atoms with Crippen molar-refractivity contribution in [1.29, 1.82) is 0 Å². The molecule has 1 rings (SSSR count). The van der Waals surface area contributed by atoms with Crippen LogP contribution in [0.3, 0.4) is 0 Å². The van der Waals surface area contributed by atoms with Crippen molar-refractivity contribution in [3.8, 4) is 0 Å². The van der Waals surface area contributed by atoms with Crippen LogP contribution in [0.2, 0.25) is 0 Å². The van der Waals surface area contributed by atoms with Gasteiger partial charge in [-0.2, -0.15) is 0 Å². The SMILES string of the molecule is O=C(O)CN1NN=C(C=S)N1. The highest BCUT2D eigenvalue weighted by Crippen LogP contribution is 1.85. The number of carboxylic acid groups (broad SMARTS) is 1. The molecule has 0 bridgehead atoms. The Labute approximate surface area is 67.8 Å². The van der Waals surface area contributed by atoms with Crippen LogP contribution >= 0.6 is 12.2 Å². The van der Waals surface area contributed by atoms with Crippen molar-refractivity contribution in [2.45, 2.75) is 0 Å². The van der Waals surface area contributed by atoms with Gasteiger partial charge in [0.05, 0.1) is 0 Å². The maximum Gasteiger partial charge on any atom is 0.321 e. The van der Waals surface area contributed by atoms with E-state index in [9.17, 15) is 4.79 Å². The van der Waals surface area contributed by atoms with Gasteiger partial charge in [-0.25, -0.2) is 5.53 Å². The summed E-state index contributed by atoms with van der Waals surface area (Å²) in [5.41, 5.74) is 5.02. The van der Waals surface area contributed by atoms with Crippen LogP contribution in [0, 0.1) is 0 Å². The Hall–Kier alpha value is -1.21. The molecule has 60 valence electrons. The van der Waals surface area contributed by atoms with Crippen molar-refractivity contribution in [2.75, 3.05) is 6.54 Å². The van der Waals surface area contributed by atoms with Gasteiger partial charge in [0, 0.05) is 5.37 Å². The second-order valence-corrected chi connectivity index (χ2v) is 2.04. The number of nitrogens with zero attached hydrogens (tertiary/aromatic N) is 2. The number of rotatable bonds is 3. The summed E-state index contributed by atoms with van der Waals surface area (Å²) in [4.78, 5) is 10.1. The fraction of sp³-hybridized carbons (Fsp3) is 0.250. The van der Waals surface area contributed by atoms with Crippen LogP contribution in [0.1, 0.15) is 0 Å². The van der Waals surface area contributed by atoms with E-state index in [4.69, 9.17) is 5.11 Å². The number of thiocarbonyl (C=S) groups is 1. The molecule has 1 aliphatic heterocycles. The number of nitrogens with one attached hydrogen (secondary N) is 2. The number of carbonyl (C=O) groups is 1. The van der Waals surface area contributed by atoms with Gasteiger partial charge in [0.15, 0.2) is 5.84 Å². The van der Waals surface area contributed by atoms with Crippen molar-refractivity contribution in [2.24, 2.45) is 5.10 Å². The van der Waals surface area contributed by atoms with Crippen molar-refractivity contribution in [3.63, 3.8) is 0 Å². The summed E-state index contributed by atoms with van der Waals surface area (Å²) in [6.45, 7) is -0.184. The fourth-order valence-electron chi connectivity index (χ4n) is 0.565. The molecule has 1 heterocycles.